The van der Waals surface area contributed by atoms with Crippen molar-refractivity contribution in [2.75, 3.05) is 12.4 Å². The lowest BCUT2D eigenvalue weighted by Crippen LogP contribution is -2.30. The zero-order valence-electron chi connectivity index (χ0n) is 15.3. The predicted molar refractivity (Wildman–Crippen MR) is 97.6 cm³/mol. The van der Waals surface area contributed by atoms with Gasteiger partial charge in [0.2, 0.25) is 10.0 Å². The van der Waals surface area contributed by atoms with E-state index in [9.17, 15) is 31.2 Å². The number of sulfonamides is 1. The number of amides is 1. The second kappa shape index (κ2) is 8.62. The van der Waals surface area contributed by atoms with Crippen LogP contribution in [-0.2, 0) is 25.7 Å². The molecule has 0 bridgehead atoms. The number of esters is 1. The summed E-state index contributed by atoms with van der Waals surface area (Å²) in [6.45, 7) is 1.29. The number of carbonyl (C=O) groups excluding carboxylic acids is 2. The van der Waals surface area contributed by atoms with E-state index >= 15 is 0 Å². The fourth-order valence-electron chi connectivity index (χ4n) is 2.16. The number of nitrogens with one attached hydrogen (secondary N) is 2. The van der Waals surface area contributed by atoms with Crippen LogP contribution in [0.4, 0.5) is 18.9 Å². The van der Waals surface area contributed by atoms with E-state index in [-0.39, 0.29) is 16.1 Å². The van der Waals surface area contributed by atoms with Gasteiger partial charge in [-0.1, -0.05) is 0 Å². The lowest BCUT2D eigenvalue weighted by molar-refractivity contribution is -0.137. The van der Waals surface area contributed by atoms with Crippen molar-refractivity contribution in [3.8, 4) is 0 Å². The average Bonchev–Trinajstić information content (AvgIpc) is 2.67. The summed E-state index contributed by atoms with van der Waals surface area (Å²) in [5, 5.41) is 2.34. The highest BCUT2D eigenvalue weighted by Crippen LogP contribution is 2.29. The van der Waals surface area contributed by atoms with Gasteiger partial charge in [-0.3, -0.25) is 4.79 Å². The Labute approximate surface area is 164 Å². The topological polar surface area (TPSA) is 102 Å². The Kier molecular flexibility index (Phi) is 6.65. The molecule has 0 radical (unpaired) electrons. The Morgan fingerprint density at radius 2 is 1.55 bits per heavy atom. The highest BCUT2D eigenvalue weighted by atomic mass is 32.2. The van der Waals surface area contributed by atoms with Gasteiger partial charge < -0.3 is 10.1 Å². The number of hydrogen-bond acceptors (Lipinski definition) is 5. The molecule has 11 heteroatoms. The van der Waals surface area contributed by atoms with Gasteiger partial charge in [0.1, 0.15) is 0 Å². The number of rotatable bonds is 6. The standard InChI is InChI=1S/C18H17F3N2O5S/c1-11(16(24)23-14-7-5-13(6-8-14)18(19,20)21)28-17(25)12-3-9-15(10-4-12)29(26,27)22-2/h3-11,22H,1-2H3,(H,23,24). The van der Waals surface area contributed by atoms with Crippen molar-refractivity contribution < 1.29 is 35.9 Å². The second-order valence-corrected chi connectivity index (χ2v) is 7.73. The first-order valence-electron chi connectivity index (χ1n) is 8.17. The molecule has 2 rings (SSSR count). The van der Waals surface area contributed by atoms with E-state index in [0.29, 0.717) is 0 Å². The van der Waals surface area contributed by atoms with E-state index in [2.05, 4.69) is 10.0 Å². The quantitative estimate of drug-likeness (QED) is 0.687. The van der Waals surface area contributed by atoms with E-state index in [1.807, 2.05) is 0 Å². The van der Waals surface area contributed by atoms with Crippen LogP contribution >= 0.6 is 0 Å². The van der Waals surface area contributed by atoms with Crippen LogP contribution in [0, 0.1) is 0 Å². The van der Waals surface area contributed by atoms with Gasteiger partial charge >= 0.3 is 12.1 Å². The van der Waals surface area contributed by atoms with Gasteiger partial charge in [0, 0.05) is 5.69 Å². The van der Waals surface area contributed by atoms with Crippen LogP contribution in [0.2, 0.25) is 0 Å². The maximum Gasteiger partial charge on any atom is 0.416 e. The molecular weight excluding hydrogens is 413 g/mol. The molecule has 0 spiro atoms. The summed E-state index contributed by atoms with van der Waals surface area (Å²) in [5.41, 5.74) is -0.736. The molecule has 0 fully saturated rings. The van der Waals surface area contributed by atoms with Crippen LogP contribution in [0.3, 0.4) is 0 Å². The lowest BCUT2D eigenvalue weighted by atomic mass is 10.2. The summed E-state index contributed by atoms with van der Waals surface area (Å²) in [6, 6.07) is 8.65. The minimum Gasteiger partial charge on any atom is -0.449 e. The Balaban J connectivity index is 1.99. The van der Waals surface area contributed by atoms with Crippen molar-refractivity contribution in [3.63, 3.8) is 0 Å². The van der Waals surface area contributed by atoms with E-state index in [1.54, 1.807) is 0 Å². The van der Waals surface area contributed by atoms with Crippen LogP contribution < -0.4 is 10.0 Å². The van der Waals surface area contributed by atoms with Gasteiger partial charge in [0.05, 0.1) is 16.0 Å². The molecule has 0 saturated carbocycles. The molecule has 0 saturated heterocycles. The van der Waals surface area contributed by atoms with E-state index in [1.165, 1.54) is 38.2 Å². The van der Waals surface area contributed by atoms with E-state index in [0.717, 1.165) is 24.3 Å². The maximum absolute atomic E-state index is 12.5. The first-order chi connectivity index (χ1) is 13.4. The molecule has 0 aliphatic heterocycles. The monoisotopic (exact) mass is 430 g/mol. The number of benzene rings is 2. The minimum atomic E-state index is -4.49. The number of alkyl halides is 3. The molecule has 2 aromatic carbocycles. The van der Waals surface area contributed by atoms with Gasteiger partial charge in [-0.15, -0.1) is 0 Å². The summed E-state index contributed by atoms with van der Waals surface area (Å²) >= 11 is 0. The number of carbonyl (C=O) groups is 2. The van der Waals surface area contributed by atoms with Crippen molar-refractivity contribution in [2.24, 2.45) is 0 Å². The fraction of sp³-hybridized carbons (Fsp3) is 0.222. The summed E-state index contributed by atoms with van der Waals surface area (Å²) in [4.78, 5) is 24.1. The number of halogens is 3. The number of anilines is 1. The van der Waals surface area contributed by atoms with Crippen molar-refractivity contribution in [1.29, 1.82) is 0 Å². The van der Waals surface area contributed by atoms with Crippen molar-refractivity contribution in [2.45, 2.75) is 24.1 Å². The smallest absolute Gasteiger partial charge is 0.416 e. The van der Waals surface area contributed by atoms with Crippen LogP contribution in [0.25, 0.3) is 0 Å². The minimum absolute atomic E-state index is 0.0224. The van der Waals surface area contributed by atoms with Crippen LogP contribution in [0.15, 0.2) is 53.4 Å². The molecule has 2 aromatic rings. The fourth-order valence-corrected chi connectivity index (χ4v) is 2.89. The number of hydrogen-bond donors (Lipinski definition) is 2. The molecule has 0 aliphatic carbocycles. The molecule has 0 aromatic heterocycles. The van der Waals surface area contributed by atoms with Gasteiger partial charge in [-0.2, -0.15) is 13.2 Å². The summed E-state index contributed by atoms with van der Waals surface area (Å²) in [5.74, 6) is -1.61. The molecule has 7 nitrogen and oxygen atoms in total. The summed E-state index contributed by atoms with van der Waals surface area (Å²) in [6.07, 6.45) is -5.74. The second-order valence-electron chi connectivity index (χ2n) is 5.84. The SMILES string of the molecule is CNS(=O)(=O)c1ccc(C(=O)OC(C)C(=O)Nc2ccc(C(F)(F)F)cc2)cc1. The average molecular weight is 430 g/mol. The third kappa shape index (κ3) is 5.78. The number of ether oxygens (including phenoxy) is 1. The highest BCUT2D eigenvalue weighted by molar-refractivity contribution is 7.89. The third-order valence-electron chi connectivity index (χ3n) is 3.80. The summed E-state index contributed by atoms with van der Waals surface area (Å²) in [7, 11) is -2.42. The zero-order chi connectivity index (χ0) is 21.8. The van der Waals surface area contributed by atoms with Crippen molar-refractivity contribution in [3.05, 3.63) is 59.7 Å². The molecule has 1 atom stereocenters. The first kappa shape index (κ1) is 22.4. The first-order valence-corrected chi connectivity index (χ1v) is 9.65. The maximum atomic E-state index is 12.5. The van der Waals surface area contributed by atoms with Crippen molar-refractivity contribution >= 4 is 27.6 Å². The molecule has 0 aliphatic rings. The third-order valence-corrected chi connectivity index (χ3v) is 5.23. The Bertz CT molecular complexity index is 988. The molecule has 29 heavy (non-hydrogen) atoms. The zero-order valence-corrected chi connectivity index (χ0v) is 16.1. The Morgan fingerprint density at radius 3 is 2.03 bits per heavy atom. The molecule has 1 unspecified atom stereocenters. The molecule has 0 heterocycles. The summed E-state index contributed by atoms with van der Waals surface area (Å²) < 4.78 is 68.1. The Hall–Kier alpha value is -2.92. The normalized spacial score (nSPS) is 12.9. The Morgan fingerprint density at radius 1 is 1.00 bits per heavy atom. The van der Waals surface area contributed by atoms with Gasteiger partial charge in [0.25, 0.3) is 5.91 Å². The van der Waals surface area contributed by atoms with Gasteiger partial charge in [0.15, 0.2) is 6.10 Å². The lowest BCUT2D eigenvalue weighted by Gasteiger charge is -2.14. The molecular formula is C18H17F3N2O5S. The van der Waals surface area contributed by atoms with Gasteiger partial charge in [-0.25, -0.2) is 17.9 Å². The van der Waals surface area contributed by atoms with Crippen LogP contribution in [-0.4, -0.2) is 33.4 Å². The van der Waals surface area contributed by atoms with E-state index < -0.39 is 39.7 Å². The molecule has 1 amide bonds. The molecule has 156 valence electrons. The van der Waals surface area contributed by atoms with Crippen LogP contribution in [0.1, 0.15) is 22.8 Å². The van der Waals surface area contributed by atoms with Crippen molar-refractivity contribution in [1.82, 2.24) is 4.72 Å². The van der Waals surface area contributed by atoms with E-state index in [4.69, 9.17) is 4.74 Å². The van der Waals surface area contributed by atoms with Gasteiger partial charge in [-0.05, 0) is 62.5 Å². The predicted octanol–water partition coefficient (Wildman–Crippen LogP) is 2.80. The van der Waals surface area contributed by atoms with Crippen LogP contribution in [0.5, 0.6) is 0 Å². The molecule has 2 N–H and O–H groups in total. The largest absolute Gasteiger partial charge is 0.449 e. The highest BCUT2D eigenvalue weighted by Gasteiger charge is 2.30.